The van der Waals surface area contributed by atoms with Crippen molar-refractivity contribution in [3.8, 4) is 5.75 Å². The number of pyridine rings is 1. The fraction of sp³-hybridized carbons (Fsp3) is 0.200. The molecule has 1 unspecified atom stereocenters. The Morgan fingerprint density at radius 1 is 1.20 bits per heavy atom. The standard InChI is InChI=1S/C15H14ClN3O/c1-20-12-5-2-10(3-6-12)13-8-14(19-18-13)11-4-7-15(16)17-9-11/h2-7,9,14,19H,8H2,1H3. The zero-order valence-corrected chi connectivity index (χ0v) is 11.8. The Labute approximate surface area is 122 Å². The maximum absolute atomic E-state index is 5.80. The first-order chi connectivity index (χ1) is 9.76. The predicted molar refractivity (Wildman–Crippen MR) is 79.3 cm³/mol. The highest BCUT2D eigenvalue weighted by Crippen LogP contribution is 2.25. The van der Waals surface area contributed by atoms with Crippen LogP contribution in [0.2, 0.25) is 5.15 Å². The maximum atomic E-state index is 5.80. The molecule has 0 spiro atoms. The Balaban J connectivity index is 1.73. The maximum Gasteiger partial charge on any atom is 0.129 e. The lowest BCUT2D eigenvalue weighted by Gasteiger charge is -2.09. The van der Waals surface area contributed by atoms with Crippen molar-refractivity contribution in [2.45, 2.75) is 12.5 Å². The largest absolute Gasteiger partial charge is 0.497 e. The average Bonchev–Trinajstić information content (AvgIpc) is 2.98. The van der Waals surface area contributed by atoms with E-state index < -0.39 is 0 Å². The van der Waals surface area contributed by atoms with Gasteiger partial charge in [0.05, 0.1) is 18.9 Å². The van der Waals surface area contributed by atoms with Crippen molar-refractivity contribution in [3.05, 3.63) is 58.9 Å². The van der Waals surface area contributed by atoms with E-state index in [9.17, 15) is 0 Å². The number of halogens is 1. The number of ether oxygens (including phenoxy) is 1. The van der Waals surface area contributed by atoms with Crippen LogP contribution in [0.15, 0.2) is 47.7 Å². The summed E-state index contributed by atoms with van der Waals surface area (Å²) in [5, 5.41) is 4.91. The highest BCUT2D eigenvalue weighted by Gasteiger charge is 2.21. The van der Waals surface area contributed by atoms with Crippen LogP contribution in [0.1, 0.15) is 23.6 Å². The number of benzene rings is 1. The summed E-state index contributed by atoms with van der Waals surface area (Å²) < 4.78 is 5.16. The lowest BCUT2D eigenvalue weighted by Crippen LogP contribution is -2.10. The smallest absolute Gasteiger partial charge is 0.129 e. The molecule has 1 atom stereocenters. The van der Waals surface area contributed by atoms with Crippen LogP contribution in [0.3, 0.4) is 0 Å². The molecule has 0 aliphatic carbocycles. The monoisotopic (exact) mass is 287 g/mol. The van der Waals surface area contributed by atoms with Crippen molar-refractivity contribution < 1.29 is 4.74 Å². The van der Waals surface area contributed by atoms with E-state index in [2.05, 4.69) is 15.5 Å². The summed E-state index contributed by atoms with van der Waals surface area (Å²) in [6, 6.07) is 11.8. The second-order valence-corrected chi connectivity index (χ2v) is 4.97. The first kappa shape index (κ1) is 12.9. The summed E-state index contributed by atoms with van der Waals surface area (Å²) in [6.07, 6.45) is 2.61. The zero-order chi connectivity index (χ0) is 13.9. The Morgan fingerprint density at radius 2 is 2.00 bits per heavy atom. The molecule has 2 heterocycles. The Kier molecular flexibility index (Phi) is 3.56. The Bertz CT molecular complexity index is 623. The van der Waals surface area contributed by atoms with Crippen LogP contribution < -0.4 is 10.2 Å². The number of methoxy groups -OCH3 is 1. The number of hydrogen-bond donors (Lipinski definition) is 1. The number of hydrogen-bond acceptors (Lipinski definition) is 4. The van der Waals surface area contributed by atoms with E-state index >= 15 is 0 Å². The minimum atomic E-state index is 0.150. The quantitative estimate of drug-likeness (QED) is 0.882. The minimum absolute atomic E-state index is 0.150. The zero-order valence-electron chi connectivity index (χ0n) is 11.0. The van der Waals surface area contributed by atoms with Crippen LogP contribution in [0.5, 0.6) is 5.75 Å². The van der Waals surface area contributed by atoms with Crippen LogP contribution in [0.4, 0.5) is 0 Å². The topological polar surface area (TPSA) is 46.5 Å². The van der Waals surface area contributed by atoms with E-state index in [-0.39, 0.29) is 6.04 Å². The van der Waals surface area contributed by atoms with Crippen molar-refractivity contribution in [1.82, 2.24) is 10.4 Å². The van der Waals surface area contributed by atoms with E-state index in [1.54, 1.807) is 19.4 Å². The third-order valence-corrected chi connectivity index (χ3v) is 3.55. The van der Waals surface area contributed by atoms with E-state index in [4.69, 9.17) is 16.3 Å². The van der Waals surface area contributed by atoms with E-state index in [0.717, 1.165) is 29.0 Å². The van der Waals surface area contributed by atoms with Gasteiger partial charge in [0.2, 0.25) is 0 Å². The molecule has 0 saturated heterocycles. The predicted octanol–water partition coefficient (Wildman–Crippen LogP) is 3.18. The fourth-order valence-corrected chi connectivity index (χ4v) is 2.30. The van der Waals surface area contributed by atoms with Crippen molar-refractivity contribution in [2.24, 2.45) is 5.10 Å². The normalized spacial score (nSPS) is 17.5. The SMILES string of the molecule is COc1ccc(C2=NNC(c3ccc(Cl)nc3)C2)cc1. The van der Waals surface area contributed by atoms with Crippen molar-refractivity contribution >= 4 is 17.3 Å². The van der Waals surface area contributed by atoms with Gasteiger partial charge < -0.3 is 10.2 Å². The van der Waals surface area contributed by atoms with Crippen LogP contribution in [-0.2, 0) is 0 Å². The van der Waals surface area contributed by atoms with E-state index in [1.807, 2.05) is 30.3 Å². The van der Waals surface area contributed by atoms with Crippen LogP contribution in [0.25, 0.3) is 0 Å². The van der Waals surface area contributed by atoms with Gasteiger partial charge in [-0.15, -0.1) is 0 Å². The third-order valence-electron chi connectivity index (χ3n) is 3.33. The first-order valence-electron chi connectivity index (χ1n) is 6.34. The van der Waals surface area contributed by atoms with Gasteiger partial charge in [-0.1, -0.05) is 17.7 Å². The number of nitrogens with zero attached hydrogens (tertiary/aromatic N) is 2. The molecule has 102 valence electrons. The third kappa shape index (κ3) is 2.60. The van der Waals surface area contributed by atoms with Gasteiger partial charge in [0.15, 0.2) is 0 Å². The van der Waals surface area contributed by atoms with Crippen molar-refractivity contribution in [1.29, 1.82) is 0 Å². The molecule has 4 nitrogen and oxygen atoms in total. The van der Waals surface area contributed by atoms with Gasteiger partial charge >= 0.3 is 0 Å². The Hall–Kier alpha value is -2.07. The van der Waals surface area contributed by atoms with Gasteiger partial charge in [-0.3, -0.25) is 0 Å². The molecule has 3 rings (SSSR count). The van der Waals surface area contributed by atoms with Crippen molar-refractivity contribution in [2.75, 3.05) is 7.11 Å². The summed E-state index contributed by atoms with van der Waals surface area (Å²) >= 11 is 5.80. The molecule has 0 bridgehead atoms. The number of aromatic nitrogens is 1. The van der Waals surface area contributed by atoms with Gasteiger partial charge in [-0.25, -0.2) is 4.98 Å². The molecule has 1 aliphatic rings. The molecule has 5 heteroatoms. The van der Waals surface area contributed by atoms with Crippen LogP contribution in [0, 0.1) is 0 Å². The van der Waals surface area contributed by atoms with Gasteiger partial charge in [0.25, 0.3) is 0 Å². The summed E-state index contributed by atoms with van der Waals surface area (Å²) in [4.78, 5) is 4.10. The van der Waals surface area contributed by atoms with Gasteiger partial charge in [0.1, 0.15) is 10.9 Å². The highest BCUT2D eigenvalue weighted by atomic mass is 35.5. The fourth-order valence-electron chi connectivity index (χ4n) is 2.19. The second-order valence-electron chi connectivity index (χ2n) is 4.59. The van der Waals surface area contributed by atoms with Crippen LogP contribution in [-0.4, -0.2) is 17.8 Å². The van der Waals surface area contributed by atoms with Crippen molar-refractivity contribution in [3.63, 3.8) is 0 Å². The van der Waals surface area contributed by atoms with Gasteiger partial charge in [0, 0.05) is 12.6 Å². The summed E-state index contributed by atoms with van der Waals surface area (Å²) in [7, 11) is 1.66. The molecule has 0 radical (unpaired) electrons. The molecular formula is C15H14ClN3O. The minimum Gasteiger partial charge on any atom is -0.497 e. The number of rotatable bonds is 3. The van der Waals surface area contributed by atoms with Gasteiger partial charge in [-0.2, -0.15) is 5.10 Å². The molecular weight excluding hydrogens is 274 g/mol. The molecule has 0 amide bonds. The molecule has 1 aromatic carbocycles. The summed E-state index contributed by atoms with van der Waals surface area (Å²) in [5.41, 5.74) is 6.36. The molecule has 1 N–H and O–H groups in total. The first-order valence-corrected chi connectivity index (χ1v) is 6.72. The lowest BCUT2D eigenvalue weighted by molar-refractivity contribution is 0.415. The number of nitrogens with one attached hydrogen (secondary N) is 1. The van der Waals surface area contributed by atoms with E-state index in [1.165, 1.54) is 0 Å². The van der Waals surface area contributed by atoms with Gasteiger partial charge in [-0.05, 0) is 41.5 Å². The lowest BCUT2D eigenvalue weighted by atomic mass is 10.0. The highest BCUT2D eigenvalue weighted by molar-refractivity contribution is 6.29. The van der Waals surface area contributed by atoms with Crippen LogP contribution >= 0.6 is 11.6 Å². The molecule has 20 heavy (non-hydrogen) atoms. The molecule has 2 aromatic rings. The molecule has 1 aliphatic heterocycles. The Morgan fingerprint density at radius 3 is 2.65 bits per heavy atom. The average molecular weight is 288 g/mol. The second kappa shape index (κ2) is 5.51. The molecule has 1 aromatic heterocycles. The number of hydrazone groups is 1. The molecule has 0 fully saturated rings. The summed E-state index contributed by atoms with van der Waals surface area (Å²) in [5.74, 6) is 0.846. The summed E-state index contributed by atoms with van der Waals surface area (Å²) in [6.45, 7) is 0. The molecule has 0 saturated carbocycles. The van der Waals surface area contributed by atoms with E-state index in [0.29, 0.717) is 5.15 Å².